The number of aliphatic imine (C=N–C) groups is 1. The normalized spacial score (nSPS) is 20.4. The number of rotatable bonds is 7. The number of carbonyl (C=O) groups is 1. The van der Waals surface area contributed by atoms with Gasteiger partial charge in [-0.2, -0.15) is 0 Å². The molecule has 0 radical (unpaired) electrons. The zero-order valence-corrected chi connectivity index (χ0v) is 25.1. The van der Waals surface area contributed by atoms with Crippen LogP contribution in [0.4, 0.5) is 5.82 Å². The first kappa shape index (κ1) is 29.2. The van der Waals surface area contributed by atoms with Crippen LogP contribution in [-0.4, -0.2) is 33.8 Å². The molecule has 4 heterocycles. The summed E-state index contributed by atoms with van der Waals surface area (Å²) >= 11 is 4.77. The Morgan fingerprint density at radius 3 is 2.76 bits per heavy atom. The van der Waals surface area contributed by atoms with Crippen molar-refractivity contribution in [2.75, 3.05) is 11.4 Å². The Hall–Kier alpha value is -2.39. The fourth-order valence-corrected chi connectivity index (χ4v) is 5.79. The molecule has 0 aromatic carbocycles. The van der Waals surface area contributed by atoms with E-state index in [0.29, 0.717) is 11.5 Å². The predicted molar refractivity (Wildman–Crippen MR) is 159 cm³/mol. The average molecular weight is 588 g/mol. The van der Waals surface area contributed by atoms with Gasteiger partial charge >= 0.3 is 0 Å². The maximum Gasteiger partial charge on any atom is 0.265 e. The zero-order chi connectivity index (χ0) is 27.0. The second kappa shape index (κ2) is 13.4. The molecule has 1 saturated heterocycles. The molecule has 2 unspecified atom stereocenters. The lowest BCUT2D eigenvalue weighted by atomic mass is 9.97. The molecule has 2 atom stereocenters. The highest BCUT2D eigenvalue weighted by Gasteiger charge is 2.39. The van der Waals surface area contributed by atoms with Crippen molar-refractivity contribution in [3.63, 3.8) is 0 Å². The number of nitrogens with zero attached hydrogens (tertiary/aromatic N) is 4. The van der Waals surface area contributed by atoms with Gasteiger partial charge in [0.25, 0.3) is 5.91 Å². The van der Waals surface area contributed by atoms with Gasteiger partial charge in [-0.25, -0.2) is 4.98 Å². The Morgan fingerprint density at radius 1 is 1.32 bits per heavy atom. The maximum atomic E-state index is 13.3. The van der Waals surface area contributed by atoms with Gasteiger partial charge in [-0.1, -0.05) is 39.8 Å². The maximum absolute atomic E-state index is 13.3. The molecule has 2 aliphatic heterocycles. The van der Waals surface area contributed by atoms with Crippen molar-refractivity contribution in [3.05, 3.63) is 63.5 Å². The smallest absolute Gasteiger partial charge is 0.265 e. The standard InChI is InChI=1S/C26H33BrN6OS.C2H6/c1-5-19(20-9-6-7-14-28-20)29-22-10-8-11-23(31-22)35-32-25(34)18-12-13-21(27)30-24(18)33-16-17(2)15-26(33,3)4;1-2/h6-7,9,11-14,17,19H,5,8,10,15-16H2,1-4H3,(H,29,31)(H,32,34);1-2H3. The van der Waals surface area contributed by atoms with Crippen LogP contribution < -0.4 is 14.9 Å². The van der Waals surface area contributed by atoms with Crippen molar-refractivity contribution in [2.45, 2.75) is 78.8 Å². The van der Waals surface area contributed by atoms with Crippen molar-refractivity contribution in [3.8, 4) is 0 Å². The number of amidine groups is 1. The zero-order valence-electron chi connectivity index (χ0n) is 22.7. The fraction of sp³-hybridized carbons (Fsp3) is 0.500. The first-order chi connectivity index (χ1) is 17.8. The van der Waals surface area contributed by atoms with Gasteiger partial charge in [0.1, 0.15) is 16.3 Å². The molecule has 0 aliphatic carbocycles. The minimum atomic E-state index is -0.160. The van der Waals surface area contributed by atoms with Crippen LogP contribution in [0.3, 0.4) is 0 Å². The molecule has 0 saturated carbocycles. The third-order valence-electron chi connectivity index (χ3n) is 6.37. The van der Waals surface area contributed by atoms with Crippen molar-refractivity contribution in [2.24, 2.45) is 10.9 Å². The summed E-state index contributed by atoms with van der Waals surface area (Å²) in [6.07, 6.45) is 7.54. The van der Waals surface area contributed by atoms with E-state index in [1.54, 1.807) is 6.20 Å². The van der Waals surface area contributed by atoms with Crippen LogP contribution in [-0.2, 0) is 0 Å². The molecule has 1 amide bonds. The Morgan fingerprint density at radius 2 is 2.11 bits per heavy atom. The number of amides is 1. The average Bonchev–Trinajstić information content (AvgIpc) is 3.19. The number of nitrogens with one attached hydrogen (secondary N) is 2. The predicted octanol–water partition coefficient (Wildman–Crippen LogP) is 7.04. The molecule has 7 nitrogen and oxygen atoms in total. The molecule has 4 rings (SSSR count). The minimum absolute atomic E-state index is 0.0141. The van der Waals surface area contributed by atoms with Crippen LogP contribution in [0.15, 0.2) is 57.2 Å². The summed E-state index contributed by atoms with van der Waals surface area (Å²) in [5, 5.41) is 4.27. The van der Waals surface area contributed by atoms with Gasteiger partial charge in [0, 0.05) is 36.6 Å². The van der Waals surface area contributed by atoms with Crippen LogP contribution in [0.25, 0.3) is 0 Å². The molecule has 9 heteroatoms. The van der Waals surface area contributed by atoms with Gasteiger partial charge in [-0.3, -0.25) is 19.5 Å². The molecular weight excluding hydrogens is 548 g/mol. The van der Waals surface area contributed by atoms with Gasteiger partial charge in [-0.05, 0) is 79.2 Å². The number of aromatic nitrogens is 2. The van der Waals surface area contributed by atoms with Crippen LogP contribution in [0.2, 0.25) is 0 Å². The number of anilines is 1. The lowest BCUT2D eigenvalue weighted by molar-refractivity contribution is 0.0984. The van der Waals surface area contributed by atoms with Gasteiger partial charge < -0.3 is 10.2 Å². The monoisotopic (exact) mass is 586 g/mol. The highest BCUT2D eigenvalue weighted by atomic mass is 79.9. The van der Waals surface area contributed by atoms with Gasteiger partial charge in [-0.15, -0.1) is 0 Å². The van der Waals surface area contributed by atoms with E-state index in [0.717, 1.165) is 59.2 Å². The van der Waals surface area contributed by atoms with Crippen molar-refractivity contribution in [1.29, 1.82) is 0 Å². The number of pyridine rings is 2. The fourth-order valence-electron chi connectivity index (χ4n) is 4.81. The highest BCUT2D eigenvalue weighted by Crippen LogP contribution is 2.38. The van der Waals surface area contributed by atoms with E-state index in [2.05, 4.69) is 69.6 Å². The summed E-state index contributed by atoms with van der Waals surface area (Å²) in [6, 6.07) is 9.60. The second-order valence-corrected chi connectivity index (χ2v) is 11.4. The lowest BCUT2D eigenvalue weighted by Crippen LogP contribution is -2.40. The molecule has 2 N–H and O–H groups in total. The van der Waals surface area contributed by atoms with Gasteiger partial charge in [0.15, 0.2) is 0 Å². The molecule has 2 aromatic heterocycles. The first-order valence-corrected chi connectivity index (χ1v) is 14.7. The Labute approximate surface area is 234 Å². The Kier molecular flexibility index (Phi) is 10.6. The highest BCUT2D eigenvalue weighted by molar-refractivity contribution is 9.10. The SMILES string of the molecule is CC.CCC(N=C1CCC=C(SNC(=O)c2ccc(Br)nc2N2CC(C)CC2(C)C)N1)c1ccccn1. The van der Waals surface area contributed by atoms with Crippen LogP contribution in [0.1, 0.15) is 89.3 Å². The minimum Gasteiger partial charge on any atom is -0.351 e. The van der Waals surface area contributed by atoms with Crippen molar-refractivity contribution >= 4 is 45.4 Å². The van der Waals surface area contributed by atoms with Crippen molar-refractivity contribution in [1.82, 2.24) is 20.0 Å². The number of hydrogen-bond donors (Lipinski definition) is 2. The summed E-state index contributed by atoms with van der Waals surface area (Å²) in [5.74, 6) is 2.02. The van der Waals surface area contributed by atoms with E-state index < -0.39 is 0 Å². The van der Waals surface area contributed by atoms with E-state index in [-0.39, 0.29) is 17.5 Å². The third-order valence-corrected chi connectivity index (χ3v) is 7.59. The molecule has 200 valence electrons. The number of carbonyl (C=O) groups excluding carboxylic acids is 1. The number of allylic oxidation sites excluding steroid dienone is 1. The van der Waals surface area contributed by atoms with Gasteiger partial charge in [0.2, 0.25) is 0 Å². The number of halogens is 1. The molecular formula is C28H39BrN6OS. The quantitative estimate of drug-likeness (QED) is 0.267. The topological polar surface area (TPSA) is 82.5 Å². The lowest BCUT2D eigenvalue weighted by Gasteiger charge is -2.33. The largest absolute Gasteiger partial charge is 0.351 e. The van der Waals surface area contributed by atoms with Crippen molar-refractivity contribution < 1.29 is 4.79 Å². The van der Waals surface area contributed by atoms with E-state index in [4.69, 9.17) is 9.98 Å². The van der Waals surface area contributed by atoms with Crippen LogP contribution >= 0.6 is 27.9 Å². The summed E-state index contributed by atoms with van der Waals surface area (Å²) in [7, 11) is 0. The Bertz CT molecular complexity index is 1120. The van der Waals surface area contributed by atoms with E-state index >= 15 is 0 Å². The first-order valence-electron chi connectivity index (χ1n) is 13.1. The van der Waals surface area contributed by atoms with Crippen LogP contribution in [0, 0.1) is 5.92 Å². The third kappa shape index (κ3) is 7.57. The second-order valence-electron chi connectivity index (χ2n) is 9.76. The molecule has 0 spiro atoms. The summed E-state index contributed by atoms with van der Waals surface area (Å²) in [5.41, 5.74) is 1.49. The number of hydrogen-bond acceptors (Lipinski definition) is 6. The van der Waals surface area contributed by atoms with Gasteiger partial charge in [0.05, 0.1) is 22.3 Å². The molecule has 37 heavy (non-hydrogen) atoms. The Balaban J connectivity index is 0.00000186. The molecule has 2 aromatic rings. The molecule has 1 fully saturated rings. The van der Waals surface area contributed by atoms with E-state index in [9.17, 15) is 4.79 Å². The molecule has 0 bridgehead atoms. The van der Waals surface area contributed by atoms with E-state index in [1.165, 1.54) is 11.9 Å². The molecule has 2 aliphatic rings. The van der Waals surface area contributed by atoms with Crippen LogP contribution in [0.5, 0.6) is 0 Å². The summed E-state index contributed by atoms with van der Waals surface area (Å²) < 4.78 is 3.73. The summed E-state index contributed by atoms with van der Waals surface area (Å²) in [4.78, 5) is 29.6. The van der Waals surface area contributed by atoms with E-state index in [1.807, 2.05) is 44.2 Å². The summed E-state index contributed by atoms with van der Waals surface area (Å²) in [6.45, 7) is 13.7.